The van der Waals surface area contributed by atoms with E-state index in [1.807, 2.05) is 0 Å². The lowest BCUT2D eigenvalue weighted by molar-refractivity contribution is 0.0697. The molecule has 0 spiro atoms. The Hall–Kier alpha value is -2.36. The van der Waals surface area contributed by atoms with Crippen molar-refractivity contribution in [2.75, 3.05) is 0 Å². The van der Waals surface area contributed by atoms with E-state index in [0.717, 1.165) is 0 Å². The lowest BCUT2D eigenvalue weighted by Gasteiger charge is -2.09. The minimum Gasteiger partial charge on any atom is -0.478 e. The second-order valence-corrected chi connectivity index (χ2v) is 3.84. The second-order valence-electron chi connectivity index (χ2n) is 3.84. The SMILES string of the molecule is Cc1cc(C(=O)O)ccc1Oc1ccc(F)cc1. The van der Waals surface area contributed by atoms with Crippen molar-refractivity contribution >= 4 is 5.97 Å². The number of rotatable bonds is 3. The third-order valence-corrected chi connectivity index (χ3v) is 2.46. The van der Waals surface area contributed by atoms with E-state index in [0.29, 0.717) is 17.1 Å². The average molecular weight is 246 g/mol. The Bertz CT molecular complexity index is 576. The summed E-state index contributed by atoms with van der Waals surface area (Å²) in [6.07, 6.45) is 0. The molecule has 0 fully saturated rings. The maximum Gasteiger partial charge on any atom is 0.335 e. The molecule has 0 unspecified atom stereocenters. The van der Waals surface area contributed by atoms with E-state index >= 15 is 0 Å². The topological polar surface area (TPSA) is 46.5 Å². The molecule has 2 aromatic carbocycles. The molecular weight excluding hydrogens is 235 g/mol. The summed E-state index contributed by atoms with van der Waals surface area (Å²) in [4.78, 5) is 10.8. The molecule has 3 nitrogen and oxygen atoms in total. The molecule has 0 bridgehead atoms. The zero-order valence-corrected chi connectivity index (χ0v) is 9.68. The standard InChI is InChI=1S/C14H11FO3/c1-9-8-10(14(16)17)2-7-13(9)18-12-5-3-11(15)4-6-12/h2-8H,1H3,(H,16,17). The van der Waals surface area contributed by atoms with E-state index in [2.05, 4.69) is 0 Å². The van der Waals surface area contributed by atoms with Gasteiger partial charge in [-0.05, 0) is 55.0 Å². The van der Waals surface area contributed by atoms with Gasteiger partial charge < -0.3 is 9.84 Å². The van der Waals surface area contributed by atoms with Crippen molar-refractivity contribution in [3.63, 3.8) is 0 Å². The van der Waals surface area contributed by atoms with Gasteiger partial charge in [-0.15, -0.1) is 0 Å². The van der Waals surface area contributed by atoms with Gasteiger partial charge >= 0.3 is 5.97 Å². The van der Waals surface area contributed by atoms with E-state index < -0.39 is 5.97 Å². The minimum atomic E-state index is -0.980. The molecule has 92 valence electrons. The summed E-state index contributed by atoms with van der Waals surface area (Å²) in [5.74, 6) is -0.263. The van der Waals surface area contributed by atoms with Crippen molar-refractivity contribution < 1.29 is 19.0 Å². The number of carboxylic acid groups (broad SMARTS) is 1. The zero-order chi connectivity index (χ0) is 13.1. The van der Waals surface area contributed by atoms with E-state index in [4.69, 9.17) is 9.84 Å². The smallest absolute Gasteiger partial charge is 0.335 e. The number of aryl methyl sites for hydroxylation is 1. The van der Waals surface area contributed by atoms with Crippen molar-refractivity contribution in [2.45, 2.75) is 6.92 Å². The van der Waals surface area contributed by atoms with Gasteiger partial charge in [-0.2, -0.15) is 0 Å². The van der Waals surface area contributed by atoms with Gasteiger partial charge in [-0.1, -0.05) is 0 Å². The van der Waals surface area contributed by atoms with Crippen LogP contribution in [0, 0.1) is 12.7 Å². The Balaban J connectivity index is 2.24. The molecule has 2 aromatic rings. The number of ether oxygens (including phenoxy) is 1. The zero-order valence-electron chi connectivity index (χ0n) is 9.68. The van der Waals surface area contributed by atoms with E-state index in [1.165, 1.54) is 36.4 Å². The maximum atomic E-state index is 12.7. The maximum absolute atomic E-state index is 12.7. The molecule has 4 heteroatoms. The monoisotopic (exact) mass is 246 g/mol. The van der Waals surface area contributed by atoms with Gasteiger partial charge in [0.2, 0.25) is 0 Å². The Morgan fingerprint density at radius 2 is 1.83 bits per heavy atom. The summed E-state index contributed by atoms with van der Waals surface area (Å²) >= 11 is 0. The van der Waals surface area contributed by atoms with Crippen LogP contribution in [0.5, 0.6) is 11.5 Å². The summed E-state index contributed by atoms with van der Waals surface area (Å²) in [7, 11) is 0. The van der Waals surface area contributed by atoms with Gasteiger partial charge in [0.1, 0.15) is 17.3 Å². The lowest BCUT2D eigenvalue weighted by atomic mass is 10.1. The first kappa shape index (κ1) is 12.1. The predicted molar refractivity (Wildman–Crippen MR) is 64.6 cm³/mol. The normalized spacial score (nSPS) is 10.1. The number of aromatic carboxylic acids is 1. The molecule has 1 N–H and O–H groups in total. The molecule has 2 rings (SSSR count). The summed E-state index contributed by atoms with van der Waals surface area (Å²) in [6, 6.07) is 10.2. The molecular formula is C14H11FO3. The summed E-state index contributed by atoms with van der Waals surface area (Å²) in [5.41, 5.74) is 0.915. The van der Waals surface area contributed by atoms with Gasteiger partial charge in [-0.3, -0.25) is 0 Å². The van der Waals surface area contributed by atoms with Crippen molar-refractivity contribution in [1.82, 2.24) is 0 Å². The van der Waals surface area contributed by atoms with Gasteiger partial charge in [0.05, 0.1) is 5.56 Å². The fourth-order valence-electron chi connectivity index (χ4n) is 1.53. The van der Waals surface area contributed by atoms with Crippen LogP contribution in [0.2, 0.25) is 0 Å². The number of carbonyl (C=O) groups is 1. The Kier molecular flexibility index (Phi) is 3.28. The molecule has 0 aliphatic carbocycles. The fourth-order valence-corrected chi connectivity index (χ4v) is 1.53. The molecule has 0 saturated heterocycles. The first-order valence-corrected chi connectivity index (χ1v) is 5.33. The largest absolute Gasteiger partial charge is 0.478 e. The summed E-state index contributed by atoms with van der Waals surface area (Å²) < 4.78 is 18.3. The van der Waals surface area contributed by atoms with Gasteiger partial charge in [0, 0.05) is 0 Å². The molecule has 18 heavy (non-hydrogen) atoms. The lowest BCUT2D eigenvalue weighted by Crippen LogP contribution is -1.97. The molecule has 0 aliphatic rings. The van der Waals surface area contributed by atoms with E-state index in [9.17, 15) is 9.18 Å². The third-order valence-electron chi connectivity index (χ3n) is 2.46. The highest BCUT2D eigenvalue weighted by atomic mass is 19.1. The highest BCUT2D eigenvalue weighted by Crippen LogP contribution is 2.25. The Labute approximate surface area is 103 Å². The molecule has 0 radical (unpaired) electrons. The molecule has 0 amide bonds. The van der Waals surface area contributed by atoms with E-state index in [-0.39, 0.29) is 11.4 Å². The number of carboxylic acids is 1. The number of benzene rings is 2. The Morgan fingerprint density at radius 1 is 1.17 bits per heavy atom. The van der Waals surface area contributed by atoms with Crippen molar-refractivity contribution in [3.05, 3.63) is 59.4 Å². The highest BCUT2D eigenvalue weighted by Gasteiger charge is 2.07. The van der Waals surface area contributed by atoms with Crippen LogP contribution in [0.25, 0.3) is 0 Å². The van der Waals surface area contributed by atoms with Crippen LogP contribution in [-0.4, -0.2) is 11.1 Å². The quantitative estimate of drug-likeness (QED) is 0.899. The summed E-state index contributed by atoms with van der Waals surface area (Å²) in [6.45, 7) is 1.76. The van der Waals surface area contributed by atoms with Gasteiger partial charge in [0.25, 0.3) is 0 Å². The molecule has 0 atom stereocenters. The highest BCUT2D eigenvalue weighted by molar-refractivity contribution is 5.88. The van der Waals surface area contributed by atoms with Crippen molar-refractivity contribution in [2.24, 2.45) is 0 Å². The molecule has 0 aromatic heterocycles. The second kappa shape index (κ2) is 4.87. The number of hydrogen-bond acceptors (Lipinski definition) is 2. The fraction of sp³-hybridized carbons (Fsp3) is 0.0714. The first-order chi connectivity index (χ1) is 8.56. The average Bonchev–Trinajstić information content (AvgIpc) is 2.34. The van der Waals surface area contributed by atoms with Crippen LogP contribution in [0.3, 0.4) is 0 Å². The molecule has 0 heterocycles. The van der Waals surface area contributed by atoms with Crippen molar-refractivity contribution in [3.8, 4) is 11.5 Å². The van der Waals surface area contributed by atoms with Crippen LogP contribution in [0.4, 0.5) is 4.39 Å². The van der Waals surface area contributed by atoms with Crippen molar-refractivity contribution in [1.29, 1.82) is 0 Å². The Morgan fingerprint density at radius 3 is 2.39 bits per heavy atom. The van der Waals surface area contributed by atoms with Gasteiger partial charge in [0.15, 0.2) is 0 Å². The van der Waals surface area contributed by atoms with Crippen LogP contribution in [-0.2, 0) is 0 Å². The van der Waals surface area contributed by atoms with Crippen LogP contribution >= 0.6 is 0 Å². The number of hydrogen-bond donors (Lipinski definition) is 1. The first-order valence-electron chi connectivity index (χ1n) is 5.33. The summed E-state index contributed by atoms with van der Waals surface area (Å²) in [5, 5.41) is 8.84. The van der Waals surface area contributed by atoms with E-state index in [1.54, 1.807) is 13.0 Å². The third kappa shape index (κ3) is 2.66. The molecule has 0 saturated carbocycles. The predicted octanol–water partition coefficient (Wildman–Crippen LogP) is 3.62. The molecule has 0 aliphatic heterocycles. The van der Waals surface area contributed by atoms with Crippen LogP contribution in [0.15, 0.2) is 42.5 Å². The number of halogens is 1. The van der Waals surface area contributed by atoms with Gasteiger partial charge in [-0.25, -0.2) is 9.18 Å². The minimum absolute atomic E-state index is 0.207. The van der Waals surface area contributed by atoms with Crippen LogP contribution in [0.1, 0.15) is 15.9 Å². The van der Waals surface area contributed by atoms with Crippen LogP contribution < -0.4 is 4.74 Å².